The summed E-state index contributed by atoms with van der Waals surface area (Å²) in [5.41, 5.74) is 0.843. The van der Waals surface area contributed by atoms with Crippen molar-refractivity contribution in [2.24, 2.45) is 0 Å². The number of benzene rings is 4. The van der Waals surface area contributed by atoms with Gasteiger partial charge in [0.15, 0.2) is 11.6 Å². The average Bonchev–Trinajstić information content (AvgIpc) is 3.13. The normalized spacial score (nSPS) is 11.7. The van der Waals surface area contributed by atoms with Crippen LogP contribution in [0.2, 0.25) is 10.6 Å². The Morgan fingerprint density at radius 1 is 0.536 bits per heavy atom. The lowest BCUT2D eigenvalue weighted by molar-refractivity contribution is 0.0686. The summed E-state index contributed by atoms with van der Waals surface area (Å²) in [5.74, 6) is -2.59. The summed E-state index contributed by atoms with van der Waals surface area (Å²) in [4.78, 5) is 45.6. The third-order valence-corrected chi connectivity index (χ3v) is 9.69. The Kier molecular flexibility index (Phi) is 11.0. The highest BCUT2D eigenvalue weighted by Gasteiger charge is 2.20. The summed E-state index contributed by atoms with van der Waals surface area (Å²) in [5, 5.41) is 23.4. The number of nitrogens with one attached hydrogen (secondary N) is 2. The van der Waals surface area contributed by atoms with Crippen molar-refractivity contribution >= 4 is 90.8 Å². The first-order valence-corrected chi connectivity index (χ1v) is 19.0. The molecule has 0 aliphatic heterocycles. The summed E-state index contributed by atoms with van der Waals surface area (Å²) < 4.78 is 70.4. The highest BCUT2D eigenvalue weighted by atomic mass is 35.5. The number of carbonyl (C=O) groups is 2. The predicted molar refractivity (Wildman–Crippen MR) is 202 cm³/mol. The third kappa shape index (κ3) is 9.44. The van der Waals surface area contributed by atoms with Crippen LogP contribution >= 0.6 is 23.2 Å². The fourth-order valence-electron chi connectivity index (χ4n) is 4.97. The average molecular weight is 838 g/mol. The summed E-state index contributed by atoms with van der Waals surface area (Å²) in [6.07, 6.45) is 2.37. The van der Waals surface area contributed by atoms with Gasteiger partial charge >= 0.3 is 11.9 Å². The summed E-state index contributed by atoms with van der Waals surface area (Å²) in [6, 6.07) is 18.7. The van der Waals surface area contributed by atoms with Crippen LogP contribution < -0.4 is 10.6 Å². The van der Waals surface area contributed by atoms with E-state index in [1.54, 1.807) is 0 Å². The molecule has 6 N–H and O–H groups in total. The second-order valence-corrected chi connectivity index (χ2v) is 14.8. The van der Waals surface area contributed by atoms with E-state index in [4.69, 9.17) is 33.4 Å². The molecule has 2 aromatic heterocycles. The Morgan fingerprint density at radius 3 is 1.21 bits per heavy atom. The van der Waals surface area contributed by atoms with Gasteiger partial charge in [0.05, 0.1) is 11.1 Å². The molecule has 0 aliphatic carbocycles. The Morgan fingerprint density at radius 2 is 0.893 bits per heavy atom. The molecule has 0 saturated carbocycles. The zero-order chi connectivity index (χ0) is 40.4. The number of anilines is 4. The minimum atomic E-state index is -4.92. The van der Waals surface area contributed by atoms with Crippen LogP contribution in [0, 0.1) is 0 Å². The van der Waals surface area contributed by atoms with Crippen molar-refractivity contribution in [3.63, 3.8) is 0 Å². The largest absolute Gasteiger partial charge is 0.478 e. The fourth-order valence-corrected chi connectivity index (χ4v) is 6.71. The second-order valence-electron chi connectivity index (χ2n) is 11.3. The monoisotopic (exact) mass is 836 g/mol. The molecule has 6 aromatic rings. The van der Waals surface area contributed by atoms with Crippen LogP contribution in [0.1, 0.15) is 31.8 Å². The molecule has 2 heterocycles. The van der Waals surface area contributed by atoms with E-state index >= 15 is 0 Å². The van der Waals surface area contributed by atoms with Gasteiger partial charge < -0.3 is 20.8 Å². The van der Waals surface area contributed by atoms with E-state index in [1.165, 1.54) is 84.9 Å². The Balaban J connectivity index is 1.30. The molecule has 0 unspecified atom stereocenters. The van der Waals surface area contributed by atoms with Crippen molar-refractivity contribution in [1.29, 1.82) is 0 Å². The molecule has 0 aliphatic rings. The van der Waals surface area contributed by atoms with Crippen LogP contribution in [-0.4, -0.2) is 78.0 Å². The standard InChI is InChI=1S/C34H22Cl2N8O10S2/c35-31-39-27(41-33(43-31)37-23-11-7-19(8-12-23)29(45)46)21-5-3-17(25(15-21)55(49,50)51)1-2-18-4-6-22(16-26(18)56(52,53)54)28-40-32(36)44-34(42-28)38-24-13-9-20(10-14-24)30(47)48/h1-16H,(H,45,46)(H,47,48)(H,49,50,51)(H,52,53,54)(H,37,39,41,43)(H,38,40,42,44)/b2-1+. The van der Waals surface area contributed by atoms with Crippen LogP contribution in [0.4, 0.5) is 23.3 Å². The molecule has 0 fully saturated rings. The van der Waals surface area contributed by atoms with Gasteiger partial charge in [-0.25, -0.2) is 9.59 Å². The van der Waals surface area contributed by atoms with Crippen LogP contribution in [0.5, 0.6) is 0 Å². The molecule has 4 aromatic carbocycles. The minimum absolute atomic E-state index is 0.0428. The topological polar surface area (TPSA) is 285 Å². The van der Waals surface area contributed by atoms with Gasteiger partial charge in [-0.15, -0.1) is 0 Å². The van der Waals surface area contributed by atoms with E-state index in [-0.39, 0.29) is 67.5 Å². The number of aromatic carboxylic acids is 2. The number of rotatable bonds is 12. The smallest absolute Gasteiger partial charge is 0.335 e. The number of carboxylic acids is 2. The van der Waals surface area contributed by atoms with Crippen LogP contribution in [0.25, 0.3) is 34.9 Å². The molecule has 0 saturated heterocycles. The fraction of sp³-hybridized carbons (Fsp3) is 0. The number of hydrogen-bond acceptors (Lipinski definition) is 14. The van der Waals surface area contributed by atoms with Crippen LogP contribution in [0.15, 0.2) is 94.7 Å². The molecule has 56 heavy (non-hydrogen) atoms. The SMILES string of the molecule is O=C(O)c1ccc(Nc2nc(Cl)nc(-c3ccc(/C=C/c4ccc(-c5nc(Cl)nc(Nc6ccc(C(=O)O)cc6)n5)cc4S(=O)(=O)O)c(S(=O)(=O)O)c3)n2)cc1. The van der Waals surface area contributed by atoms with Gasteiger partial charge in [0, 0.05) is 22.5 Å². The first-order chi connectivity index (χ1) is 26.4. The summed E-state index contributed by atoms with van der Waals surface area (Å²) >= 11 is 12.2. The maximum absolute atomic E-state index is 12.5. The van der Waals surface area contributed by atoms with Crippen molar-refractivity contribution in [2.75, 3.05) is 10.6 Å². The lowest BCUT2D eigenvalue weighted by Crippen LogP contribution is -2.05. The lowest BCUT2D eigenvalue weighted by Gasteiger charge is -2.10. The van der Waals surface area contributed by atoms with Gasteiger partial charge in [-0.1, -0.05) is 36.4 Å². The maximum Gasteiger partial charge on any atom is 0.335 e. The highest BCUT2D eigenvalue weighted by Crippen LogP contribution is 2.30. The third-order valence-electron chi connectivity index (χ3n) is 7.53. The molecule has 22 heteroatoms. The molecular formula is C34H22Cl2N8O10S2. The van der Waals surface area contributed by atoms with Crippen molar-refractivity contribution in [3.05, 3.63) is 118 Å². The van der Waals surface area contributed by atoms with Gasteiger partial charge in [-0.05, 0) is 95.0 Å². The first-order valence-electron chi connectivity index (χ1n) is 15.4. The Hall–Kier alpha value is -6.42. The zero-order valence-electron chi connectivity index (χ0n) is 27.7. The van der Waals surface area contributed by atoms with E-state index < -0.39 is 42.0 Å². The molecule has 0 amide bonds. The van der Waals surface area contributed by atoms with E-state index in [9.17, 15) is 35.5 Å². The van der Waals surface area contributed by atoms with Crippen molar-refractivity contribution in [2.45, 2.75) is 9.79 Å². The van der Waals surface area contributed by atoms with Gasteiger partial charge in [0.2, 0.25) is 22.5 Å². The van der Waals surface area contributed by atoms with E-state index in [2.05, 4.69) is 40.5 Å². The Labute approximate surface area is 326 Å². The van der Waals surface area contributed by atoms with E-state index in [0.29, 0.717) is 11.4 Å². The first kappa shape index (κ1) is 39.3. The van der Waals surface area contributed by atoms with E-state index in [1.807, 2.05) is 0 Å². The van der Waals surface area contributed by atoms with Gasteiger partial charge in [-0.2, -0.15) is 46.7 Å². The number of halogens is 2. The summed E-state index contributed by atoms with van der Waals surface area (Å²) in [7, 11) is -9.84. The molecular weight excluding hydrogens is 815 g/mol. The highest BCUT2D eigenvalue weighted by molar-refractivity contribution is 7.86. The molecule has 6 rings (SSSR count). The number of carboxylic acid groups (broad SMARTS) is 2. The quantitative estimate of drug-likeness (QED) is 0.0587. The minimum Gasteiger partial charge on any atom is -0.478 e. The van der Waals surface area contributed by atoms with Crippen molar-refractivity contribution in [1.82, 2.24) is 29.9 Å². The van der Waals surface area contributed by atoms with Gasteiger partial charge in [0.25, 0.3) is 20.2 Å². The van der Waals surface area contributed by atoms with Gasteiger partial charge in [-0.3, -0.25) is 9.11 Å². The maximum atomic E-state index is 12.5. The number of nitrogens with zero attached hydrogens (tertiary/aromatic N) is 6. The van der Waals surface area contributed by atoms with Crippen LogP contribution in [-0.2, 0) is 20.2 Å². The number of hydrogen-bond donors (Lipinski definition) is 6. The van der Waals surface area contributed by atoms with Crippen molar-refractivity contribution in [3.8, 4) is 22.8 Å². The molecule has 0 radical (unpaired) electrons. The molecule has 0 bridgehead atoms. The summed E-state index contributed by atoms with van der Waals surface area (Å²) in [6.45, 7) is 0. The molecule has 0 spiro atoms. The lowest BCUT2D eigenvalue weighted by atomic mass is 10.1. The molecule has 0 atom stereocenters. The zero-order valence-corrected chi connectivity index (χ0v) is 30.9. The molecule has 284 valence electrons. The number of aromatic nitrogens is 6. The van der Waals surface area contributed by atoms with Gasteiger partial charge in [0.1, 0.15) is 9.79 Å². The second kappa shape index (κ2) is 15.7. The predicted octanol–water partition coefficient (Wildman–Crippen LogP) is 6.24. The van der Waals surface area contributed by atoms with E-state index in [0.717, 1.165) is 12.1 Å². The molecule has 18 nitrogen and oxygen atoms in total. The van der Waals surface area contributed by atoms with Crippen LogP contribution in [0.3, 0.4) is 0 Å². The van der Waals surface area contributed by atoms with Crippen molar-refractivity contribution < 1.29 is 45.7 Å². The Bertz CT molecular complexity index is 2600.